The van der Waals surface area contributed by atoms with E-state index in [0.29, 0.717) is 36.0 Å². The minimum atomic E-state index is -0.394. The van der Waals surface area contributed by atoms with Crippen LogP contribution in [0.4, 0.5) is 0 Å². The van der Waals surface area contributed by atoms with E-state index in [0.717, 1.165) is 14.7 Å². The molecule has 0 radical (unpaired) electrons. The zero-order valence-electron chi connectivity index (χ0n) is 15.6. The van der Waals surface area contributed by atoms with Crippen LogP contribution in [0.15, 0.2) is 53.3 Å². The largest absolute Gasteiger partial charge is 0.490 e. The molecule has 0 saturated heterocycles. The number of rotatable bonds is 6. The van der Waals surface area contributed by atoms with E-state index in [4.69, 9.17) is 9.47 Å². The van der Waals surface area contributed by atoms with Crippen LogP contribution < -0.4 is 15.0 Å². The van der Waals surface area contributed by atoms with Crippen molar-refractivity contribution < 1.29 is 9.47 Å². The summed E-state index contributed by atoms with van der Waals surface area (Å²) in [6.45, 7) is 4.58. The van der Waals surface area contributed by atoms with Crippen molar-refractivity contribution in [3.05, 3.63) is 79.3 Å². The molecule has 0 saturated carbocycles. The molecule has 0 unspecified atom stereocenters. The Bertz CT molecular complexity index is 1090. The van der Waals surface area contributed by atoms with Gasteiger partial charge in [0.05, 0.1) is 10.2 Å². The van der Waals surface area contributed by atoms with Crippen LogP contribution in [-0.4, -0.2) is 11.6 Å². The Morgan fingerprint density at radius 2 is 1.89 bits per heavy atom. The fourth-order valence-corrected chi connectivity index (χ4v) is 3.64. The summed E-state index contributed by atoms with van der Waals surface area (Å²) >= 11 is 2.19. The summed E-state index contributed by atoms with van der Waals surface area (Å²) in [5, 5.41) is 9.43. The van der Waals surface area contributed by atoms with E-state index in [2.05, 4.69) is 27.6 Å². The monoisotopic (exact) mass is 486 g/mol. The van der Waals surface area contributed by atoms with Crippen molar-refractivity contribution in [2.45, 2.75) is 20.5 Å². The summed E-state index contributed by atoms with van der Waals surface area (Å²) in [7, 11) is 0. The maximum atomic E-state index is 12.2. The van der Waals surface area contributed by atoms with Crippen molar-refractivity contribution in [2.24, 2.45) is 0 Å². The third kappa shape index (κ3) is 4.37. The first kappa shape index (κ1) is 20.0. The van der Waals surface area contributed by atoms with E-state index in [1.165, 1.54) is 0 Å². The number of nitrogens with zero attached hydrogens (tertiary/aromatic N) is 1. The second-order valence-electron chi connectivity index (χ2n) is 6.17. The van der Waals surface area contributed by atoms with E-state index in [1.54, 1.807) is 13.0 Å². The highest BCUT2D eigenvalue weighted by Gasteiger charge is 2.17. The molecule has 0 spiro atoms. The Kier molecular flexibility index (Phi) is 6.37. The lowest BCUT2D eigenvalue weighted by Crippen LogP contribution is -2.13. The first-order valence-electron chi connectivity index (χ1n) is 8.81. The molecule has 1 aromatic heterocycles. The number of hydrogen-bond donors (Lipinski definition) is 1. The molecule has 142 valence electrons. The van der Waals surface area contributed by atoms with E-state index in [-0.39, 0.29) is 5.56 Å². The fraction of sp³-hybridized carbons (Fsp3) is 0.182. The standard InChI is InChI=1S/C22H19IN2O3/c1-3-27-20-11-16(17-9-14(2)25-22(26)18(17)12-24)10-19(23)21(20)28-13-15-7-5-4-6-8-15/h4-11H,3,13H2,1-2H3,(H,25,26). The molecule has 3 aromatic rings. The molecular formula is C22H19IN2O3. The first-order valence-corrected chi connectivity index (χ1v) is 9.88. The molecule has 0 atom stereocenters. The van der Waals surface area contributed by atoms with Gasteiger partial charge in [-0.15, -0.1) is 0 Å². The summed E-state index contributed by atoms with van der Waals surface area (Å²) in [5.74, 6) is 1.23. The maximum Gasteiger partial charge on any atom is 0.266 e. The molecule has 0 fully saturated rings. The van der Waals surface area contributed by atoms with Crippen LogP contribution in [-0.2, 0) is 6.61 Å². The van der Waals surface area contributed by atoms with Gasteiger partial charge >= 0.3 is 0 Å². The third-order valence-electron chi connectivity index (χ3n) is 4.13. The van der Waals surface area contributed by atoms with Gasteiger partial charge in [0, 0.05) is 11.3 Å². The molecule has 6 heteroatoms. The lowest BCUT2D eigenvalue weighted by molar-refractivity contribution is 0.267. The Morgan fingerprint density at radius 3 is 2.57 bits per heavy atom. The molecule has 0 aliphatic rings. The molecule has 3 rings (SSSR count). The molecule has 0 amide bonds. The van der Waals surface area contributed by atoms with Gasteiger partial charge in [-0.1, -0.05) is 30.3 Å². The highest BCUT2D eigenvalue weighted by molar-refractivity contribution is 14.1. The summed E-state index contributed by atoms with van der Waals surface area (Å²) in [5.41, 5.74) is 2.76. The fourth-order valence-electron chi connectivity index (χ4n) is 2.88. The summed E-state index contributed by atoms with van der Waals surface area (Å²) < 4.78 is 12.7. The Hall–Kier alpha value is -2.79. The van der Waals surface area contributed by atoms with Gasteiger partial charge in [-0.25, -0.2) is 0 Å². The van der Waals surface area contributed by atoms with E-state index < -0.39 is 5.56 Å². The SMILES string of the molecule is CCOc1cc(-c2cc(C)[nH]c(=O)c2C#N)cc(I)c1OCc1ccccc1. The predicted octanol–water partition coefficient (Wildman–Crippen LogP) is 4.80. The van der Waals surface area contributed by atoms with Gasteiger partial charge in [-0.2, -0.15) is 5.26 Å². The van der Waals surface area contributed by atoms with Crippen LogP contribution >= 0.6 is 22.6 Å². The van der Waals surface area contributed by atoms with Crippen LogP contribution in [0.3, 0.4) is 0 Å². The zero-order chi connectivity index (χ0) is 20.1. The smallest absolute Gasteiger partial charge is 0.266 e. The molecule has 0 aliphatic heterocycles. The van der Waals surface area contributed by atoms with Crippen LogP contribution in [0, 0.1) is 21.8 Å². The number of H-pyrrole nitrogens is 1. The van der Waals surface area contributed by atoms with Crippen LogP contribution in [0.5, 0.6) is 11.5 Å². The molecule has 28 heavy (non-hydrogen) atoms. The minimum absolute atomic E-state index is 0.0850. The minimum Gasteiger partial charge on any atom is -0.490 e. The molecule has 1 N–H and O–H groups in total. The lowest BCUT2D eigenvalue weighted by atomic mass is 10.0. The molecule has 5 nitrogen and oxygen atoms in total. The number of halogens is 1. The van der Waals surface area contributed by atoms with Gasteiger partial charge in [0.2, 0.25) is 0 Å². The Labute approximate surface area is 177 Å². The number of benzene rings is 2. The molecule has 2 aromatic carbocycles. The number of aromatic nitrogens is 1. The average molecular weight is 486 g/mol. The Balaban J connectivity index is 2.05. The zero-order valence-corrected chi connectivity index (χ0v) is 17.7. The second-order valence-corrected chi connectivity index (χ2v) is 7.34. The number of pyridine rings is 1. The first-order chi connectivity index (χ1) is 13.5. The number of nitrogens with one attached hydrogen (secondary N) is 1. The number of aryl methyl sites for hydroxylation is 1. The molecule has 1 heterocycles. The molecular weight excluding hydrogens is 467 g/mol. The van der Waals surface area contributed by atoms with Gasteiger partial charge in [0.1, 0.15) is 18.2 Å². The summed E-state index contributed by atoms with van der Waals surface area (Å²) in [6, 6.07) is 17.4. The van der Waals surface area contributed by atoms with Crippen molar-refractivity contribution in [2.75, 3.05) is 6.61 Å². The van der Waals surface area contributed by atoms with E-state index in [1.807, 2.05) is 55.5 Å². The van der Waals surface area contributed by atoms with Gasteiger partial charge in [-0.05, 0) is 65.8 Å². The topological polar surface area (TPSA) is 75.1 Å². The lowest BCUT2D eigenvalue weighted by Gasteiger charge is -2.16. The number of nitriles is 1. The van der Waals surface area contributed by atoms with Crippen molar-refractivity contribution >= 4 is 22.6 Å². The van der Waals surface area contributed by atoms with Crippen molar-refractivity contribution in [1.29, 1.82) is 5.26 Å². The normalized spacial score (nSPS) is 10.4. The van der Waals surface area contributed by atoms with Crippen molar-refractivity contribution in [3.8, 4) is 28.7 Å². The van der Waals surface area contributed by atoms with Gasteiger partial charge in [0.25, 0.3) is 5.56 Å². The van der Waals surface area contributed by atoms with Crippen molar-refractivity contribution in [1.82, 2.24) is 4.98 Å². The third-order valence-corrected chi connectivity index (χ3v) is 4.93. The molecule has 0 aliphatic carbocycles. The number of hydrogen-bond acceptors (Lipinski definition) is 4. The van der Waals surface area contributed by atoms with Gasteiger partial charge in [0.15, 0.2) is 11.5 Å². The van der Waals surface area contributed by atoms with Crippen LogP contribution in [0.25, 0.3) is 11.1 Å². The van der Waals surface area contributed by atoms with E-state index in [9.17, 15) is 10.1 Å². The van der Waals surface area contributed by atoms with Crippen LogP contribution in [0.2, 0.25) is 0 Å². The van der Waals surface area contributed by atoms with Gasteiger partial charge in [-0.3, -0.25) is 4.79 Å². The number of aromatic amines is 1. The van der Waals surface area contributed by atoms with E-state index >= 15 is 0 Å². The summed E-state index contributed by atoms with van der Waals surface area (Å²) in [4.78, 5) is 14.8. The van der Waals surface area contributed by atoms with Crippen LogP contribution in [0.1, 0.15) is 23.7 Å². The Morgan fingerprint density at radius 1 is 1.14 bits per heavy atom. The molecule has 0 bridgehead atoms. The van der Waals surface area contributed by atoms with Gasteiger partial charge < -0.3 is 14.5 Å². The highest BCUT2D eigenvalue weighted by atomic mass is 127. The van der Waals surface area contributed by atoms with Crippen molar-refractivity contribution in [3.63, 3.8) is 0 Å². The predicted molar refractivity (Wildman–Crippen MR) is 117 cm³/mol. The highest BCUT2D eigenvalue weighted by Crippen LogP contribution is 2.38. The quantitative estimate of drug-likeness (QED) is 0.508. The maximum absolute atomic E-state index is 12.2. The number of ether oxygens (including phenoxy) is 2. The summed E-state index contributed by atoms with van der Waals surface area (Å²) in [6.07, 6.45) is 0. The average Bonchev–Trinajstić information content (AvgIpc) is 2.67. The second kappa shape index (κ2) is 8.93.